The van der Waals surface area contributed by atoms with Gasteiger partial charge in [0.05, 0.1) is 19.6 Å². The number of carbonyl (C=O) groups is 1. The predicted molar refractivity (Wildman–Crippen MR) is 132 cm³/mol. The third-order valence-corrected chi connectivity index (χ3v) is 7.60. The van der Waals surface area contributed by atoms with Crippen LogP contribution in [-0.2, 0) is 24.1 Å². The Morgan fingerprint density at radius 2 is 2.00 bits per heavy atom. The normalized spacial score (nSPS) is 15.8. The number of nitrogens with one attached hydrogen (secondary N) is 2. The van der Waals surface area contributed by atoms with E-state index < -0.39 is 0 Å². The third-order valence-electron chi connectivity index (χ3n) is 6.45. The second kappa shape index (κ2) is 9.17. The van der Waals surface area contributed by atoms with E-state index in [-0.39, 0.29) is 23.3 Å². The average molecular weight is 470 g/mol. The van der Waals surface area contributed by atoms with E-state index in [1.165, 1.54) is 10.4 Å². The number of hydrogen-bond acceptors (Lipinski definition) is 6. The Morgan fingerprint density at radius 3 is 2.70 bits per heavy atom. The Balaban J connectivity index is 1.46. The van der Waals surface area contributed by atoms with Gasteiger partial charge in [-0.25, -0.2) is 4.98 Å². The zero-order valence-corrected chi connectivity index (χ0v) is 20.6. The van der Waals surface area contributed by atoms with Crippen molar-refractivity contribution in [3.05, 3.63) is 44.8 Å². The molecule has 7 nitrogen and oxygen atoms in total. The molecule has 4 rings (SSSR count). The van der Waals surface area contributed by atoms with Crippen LogP contribution in [0.1, 0.15) is 49.9 Å². The molecular weight excluding hydrogens is 438 g/mol. The number of rotatable bonds is 6. The molecule has 0 fully saturated rings. The Kier molecular flexibility index (Phi) is 6.47. The van der Waals surface area contributed by atoms with Gasteiger partial charge in [-0.2, -0.15) is 0 Å². The molecule has 0 bridgehead atoms. The molecule has 176 valence electrons. The first-order chi connectivity index (χ1) is 15.7. The summed E-state index contributed by atoms with van der Waals surface area (Å²) < 4.78 is 10.5. The maximum Gasteiger partial charge on any atom is 0.259 e. The SMILES string of the molecule is COc1ccc(NC(=O)CCc2nc3sc4c(c3c(=O)[nH]2)CC[C@@H](C(C)(C)C)C4)cc1OC. The van der Waals surface area contributed by atoms with E-state index in [0.717, 1.165) is 29.5 Å². The summed E-state index contributed by atoms with van der Waals surface area (Å²) >= 11 is 1.63. The van der Waals surface area contributed by atoms with Crippen LogP contribution in [0.15, 0.2) is 23.0 Å². The van der Waals surface area contributed by atoms with E-state index in [1.54, 1.807) is 43.8 Å². The molecule has 1 atom stereocenters. The third kappa shape index (κ3) is 4.90. The first-order valence-electron chi connectivity index (χ1n) is 11.2. The molecule has 33 heavy (non-hydrogen) atoms. The maximum atomic E-state index is 12.9. The average Bonchev–Trinajstić information content (AvgIpc) is 3.15. The summed E-state index contributed by atoms with van der Waals surface area (Å²) in [6.07, 6.45) is 3.59. The van der Waals surface area contributed by atoms with Gasteiger partial charge in [-0.3, -0.25) is 9.59 Å². The van der Waals surface area contributed by atoms with Crippen molar-refractivity contribution in [3.8, 4) is 11.5 Å². The number of aromatic nitrogens is 2. The number of carbonyl (C=O) groups excluding carboxylic acids is 1. The molecular formula is C25H31N3O4S. The van der Waals surface area contributed by atoms with Crippen molar-refractivity contribution in [2.45, 2.75) is 52.9 Å². The highest BCUT2D eigenvalue weighted by atomic mass is 32.1. The smallest absolute Gasteiger partial charge is 0.259 e. The molecule has 8 heteroatoms. The standard InChI is InChI=1S/C25H31N3O4S/c1-25(2,3)14-6-8-16-19(12-14)33-24-22(16)23(30)27-20(28-24)10-11-21(29)26-15-7-9-17(31-4)18(13-15)32-5/h7,9,13-14H,6,8,10-12H2,1-5H3,(H,26,29)(H,27,28,30)/t14-/m1/s1. The Hall–Kier alpha value is -2.87. The fourth-order valence-corrected chi connectivity index (χ4v) is 5.77. The highest BCUT2D eigenvalue weighted by Crippen LogP contribution is 2.42. The number of benzene rings is 1. The van der Waals surface area contributed by atoms with Crippen LogP contribution >= 0.6 is 11.3 Å². The molecule has 2 aromatic heterocycles. The monoisotopic (exact) mass is 469 g/mol. The van der Waals surface area contributed by atoms with E-state index >= 15 is 0 Å². The van der Waals surface area contributed by atoms with Crippen LogP contribution in [0, 0.1) is 11.3 Å². The van der Waals surface area contributed by atoms with Crippen molar-refractivity contribution in [1.29, 1.82) is 0 Å². The predicted octanol–water partition coefficient (Wildman–Crippen LogP) is 4.72. The first kappa shape index (κ1) is 23.3. The minimum absolute atomic E-state index is 0.0954. The summed E-state index contributed by atoms with van der Waals surface area (Å²) in [5.74, 6) is 2.13. The fraction of sp³-hybridized carbons (Fsp3) is 0.480. The molecule has 1 aliphatic rings. The quantitative estimate of drug-likeness (QED) is 0.545. The summed E-state index contributed by atoms with van der Waals surface area (Å²) in [6.45, 7) is 6.85. The fourth-order valence-electron chi connectivity index (χ4n) is 4.46. The Morgan fingerprint density at radius 1 is 1.24 bits per heavy atom. The van der Waals surface area contributed by atoms with Gasteiger partial charge < -0.3 is 19.8 Å². The van der Waals surface area contributed by atoms with E-state index in [1.807, 2.05) is 0 Å². The second-order valence-corrected chi connectivity index (χ2v) is 10.7. The van der Waals surface area contributed by atoms with E-state index in [2.05, 4.69) is 31.1 Å². The summed E-state index contributed by atoms with van der Waals surface area (Å²) in [5, 5.41) is 3.59. The molecule has 0 saturated carbocycles. The van der Waals surface area contributed by atoms with Gasteiger partial charge in [-0.05, 0) is 48.3 Å². The topological polar surface area (TPSA) is 93.3 Å². The van der Waals surface area contributed by atoms with Crippen LogP contribution in [0.25, 0.3) is 10.2 Å². The molecule has 2 heterocycles. The number of H-pyrrole nitrogens is 1. The molecule has 0 saturated heterocycles. The molecule has 3 aromatic rings. The van der Waals surface area contributed by atoms with Crippen LogP contribution < -0.4 is 20.3 Å². The summed E-state index contributed by atoms with van der Waals surface area (Å²) in [7, 11) is 3.11. The van der Waals surface area contributed by atoms with Crippen molar-refractivity contribution in [2.75, 3.05) is 19.5 Å². The lowest BCUT2D eigenvalue weighted by atomic mass is 9.72. The van der Waals surface area contributed by atoms with Crippen molar-refractivity contribution < 1.29 is 14.3 Å². The molecule has 0 radical (unpaired) electrons. The lowest BCUT2D eigenvalue weighted by Gasteiger charge is -2.33. The van der Waals surface area contributed by atoms with Gasteiger partial charge in [0, 0.05) is 29.5 Å². The molecule has 0 spiro atoms. The van der Waals surface area contributed by atoms with Crippen molar-refractivity contribution in [2.24, 2.45) is 11.3 Å². The zero-order chi connectivity index (χ0) is 23.8. The minimum atomic E-state index is -0.163. The number of methoxy groups -OCH3 is 2. The van der Waals surface area contributed by atoms with E-state index in [9.17, 15) is 9.59 Å². The highest BCUT2D eigenvalue weighted by molar-refractivity contribution is 7.18. The molecule has 1 aliphatic carbocycles. The zero-order valence-electron chi connectivity index (χ0n) is 19.8. The summed E-state index contributed by atoms with van der Waals surface area (Å²) in [4.78, 5) is 35.0. The van der Waals surface area contributed by atoms with Crippen molar-refractivity contribution >= 4 is 33.1 Å². The van der Waals surface area contributed by atoms with Crippen LogP contribution in [-0.4, -0.2) is 30.1 Å². The van der Waals surface area contributed by atoms with Gasteiger partial charge in [0.2, 0.25) is 5.91 Å². The second-order valence-electron chi connectivity index (χ2n) is 9.62. The maximum absolute atomic E-state index is 12.9. The lowest BCUT2D eigenvalue weighted by molar-refractivity contribution is -0.116. The number of aryl methyl sites for hydroxylation is 2. The number of amides is 1. The van der Waals surface area contributed by atoms with Crippen LogP contribution in [0.4, 0.5) is 5.69 Å². The van der Waals surface area contributed by atoms with Gasteiger partial charge >= 0.3 is 0 Å². The number of thiophene rings is 1. The highest BCUT2D eigenvalue weighted by Gasteiger charge is 2.31. The number of hydrogen-bond donors (Lipinski definition) is 2. The molecule has 0 aliphatic heterocycles. The Bertz CT molecular complexity index is 1240. The number of nitrogens with zero attached hydrogens (tertiary/aromatic N) is 1. The lowest BCUT2D eigenvalue weighted by Crippen LogP contribution is -2.26. The van der Waals surface area contributed by atoms with Crippen molar-refractivity contribution in [1.82, 2.24) is 9.97 Å². The van der Waals surface area contributed by atoms with Gasteiger partial charge in [-0.15, -0.1) is 11.3 Å². The van der Waals surface area contributed by atoms with Crippen LogP contribution in [0.5, 0.6) is 11.5 Å². The summed E-state index contributed by atoms with van der Waals surface area (Å²) in [6, 6.07) is 5.21. The number of aromatic amines is 1. The molecule has 2 N–H and O–H groups in total. The van der Waals surface area contributed by atoms with Gasteiger partial charge in [0.15, 0.2) is 11.5 Å². The number of anilines is 1. The van der Waals surface area contributed by atoms with Gasteiger partial charge in [0.1, 0.15) is 10.7 Å². The number of ether oxygens (including phenoxy) is 2. The largest absolute Gasteiger partial charge is 0.493 e. The summed E-state index contributed by atoms with van der Waals surface area (Å²) in [5.41, 5.74) is 1.94. The van der Waals surface area contributed by atoms with Gasteiger partial charge in [-0.1, -0.05) is 20.8 Å². The van der Waals surface area contributed by atoms with E-state index in [4.69, 9.17) is 14.5 Å². The van der Waals surface area contributed by atoms with Crippen LogP contribution in [0.3, 0.4) is 0 Å². The van der Waals surface area contributed by atoms with Gasteiger partial charge in [0.25, 0.3) is 5.56 Å². The first-order valence-corrected chi connectivity index (χ1v) is 12.1. The van der Waals surface area contributed by atoms with Crippen molar-refractivity contribution in [3.63, 3.8) is 0 Å². The molecule has 0 unspecified atom stereocenters. The van der Waals surface area contributed by atoms with Crippen LogP contribution in [0.2, 0.25) is 0 Å². The molecule has 1 aromatic carbocycles. The van der Waals surface area contributed by atoms with E-state index in [0.29, 0.717) is 35.3 Å². The number of fused-ring (bicyclic) bond motifs is 3. The Labute approximate surface area is 197 Å². The molecule has 1 amide bonds. The minimum Gasteiger partial charge on any atom is -0.493 e.